The molecule has 7 heteroatoms. The highest BCUT2D eigenvalue weighted by Gasteiger charge is 2.24. The van der Waals surface area contributed by atoms with Gasteiger partial charge in [-0.1, -0.05) is 42.1 Å². The first-order chi connectivity index (χ1) is 14.5. The molecule has 6 nitrogen and oxygen atoms in total. The summed E-state index contributed by atoms with van der Waals surface area (Å²) < 4.78 is 1.74. The van der Waals surface area contributed by atoms with Crippen LogP contribution in [0.15, 0.2) is 58.5 Å². The van der Waals surface area contributed by atoms with E-state index in [1.807, 2.05) is 47.4 Å². The number of aromatic nitrogens is 2. The van der Waals surface area contributed by atoms with Gasteiger partial charge in [-0.2, -0.15) is 0 Å². The summed E-state index contributed by atoms with van der Waals surface area (Å²) in [5.41, 5.74) is 2.86. The van der Waals surface area contributed by atoms with Crippen LogP contribution >= 0.6 is 11.8 Å². The molecule has 3 aromatic rings. The van der Waals surface area contributed by atoms with E-state index in [0.717, 1.165) is 25.1 Å². The van der Waals surface area contributed by atoms with Gasteiger partial charge in [-0.05, 0) is 30.2 Å². The average molecular weight is 424 g/mol. The fourth-order valence-corrected chi connectivity index (χ4v) is 4.75. The molecule has 0 spiro atoms. The normalized spacial score (nSPS) is 13.2. The van der Waals surface area contributed by atoms with Crippen LogP contribution in [0.3, 0.4) is 0 Å². The van der Waals surface area contributed by atoms with E-state index in [4.69, 9.17) is 4.98 Å². The zero-order valence-electron chi connectivity index (χ0n) is 17.4. The number of hydrogen-bond acceptors (Lipinski definition) is 4. The molecule has 0 atom stereocenters. The molecule has 2 heterocycles. The Labute approximate surface area is 180 Å². The predicted octanol–water partition coefficient (Wildman–Crippen LogP) is 1.61. The van der Waals surface area contributed by atoms with Gasteiger partial charge in [0.2, 0.25) is 5.91 Å². The molecule has 30 heavy (non-hydrogen) atoms. The van der Waals surface area contributed by atoms with Crippen LogP contribution in [0.25, 0.3) is 10.9 Å². The highest BCUT2D eigenvalue weighted by molar-refractivity contribution is 7.99. The highest BCUT2D eigenvalue weighted by Crippen LogP contribution is 2.28. The largest absolute Gasteiger partial charge is 0.340 e. The van der Waals surface area contributed by atoms with Gasteiger partial charge in [0, 0.05) is 25.2 Å². The Morgan fingerprint density at radius 2 is 1.90 bits per heavy atom. The monoisotopic (exact) mass is 423 g/mol. The number of quaternary nitrogens is 1. The number of carbonyl (C=O) groups excluding carboxylic acids is 1. The molecule has 156 valence electrons. The molecular weight excluding hydrogens is 396 g/mol. The fraction of sp³-hybridized carbons (Fsp3) is 0.348. The maximum atomic E-state index is 13.1. The number of fused-ring (bicyclic) bond motifs is 2. The van der Waals surface area contributed by atoms with Crippen LogP contribution in [0.4, 0.5) is 5.69 Å². The first-order valence-electron chi connectivity index (χ1n) is 10.3. The smallest absolute Gasteiger partial charge is 0.262 e. The molecule has 2 aromatic carbocycles. The summed E-state index contributed by atoms with van der Waals surface area (Å²) >= 11 is 1.36. The van der Waals surface area contributed by atoms with Crippen molar-refractivity contribution >= 4 is 34.3 Å². The number of nitrogens with one attached hydrogen (secondary N) is 1. The van der Waals surface area contributed by atoms with Gasteiger partial charge in [-0.15, -0.1) is 0 Å². The number of carbonyl (C=O) groups is 1. The highest BCUT2D eigenvalue weighted by atomic mass is 32.2. The van der Waals surface area contributed by atoms with Crippen molar-refractivity contribution in [1.82, 2.24) is 9.55 Å². The van der Waals surface area contributed by atoms with E-state index in [1.54, 1.807) is 4.57 Å². The molecule has 1 aromatic heterocycles. The number of rotatable bonds is 7. The Morgan fingerprint density at radius 3 is 2.73 bits per heavy atom. The van der Waals surface area contributed by atoms with Crippen molar-refractivity contribution in [2.24, 2.45) is 0 Å². The van der Waals surface area contributed by atoms with Gasteiger partial charge in [0.05, 0.1) is 37.3 Å². The number of thioether (sulfide) groups is 1. The minimum atomic E-state index is -0.0316. The molecule has 0 bridgehead atoms. The summed E-state index contributed by atoms with van der Waals surface area (Å²) in [6.07, 6.45) is 1.77. The summed E-state index contributed by atoms with van der Waals surface area (Å²) in [6.45, 7) is 2.28. The lowest BCUT2D eigenvalue weighted by Gasteiger charge is -2.18. The van der Waals surface area contributed by atoms with E-state index in [2.05, 4.69) is 20.2 Å². The summed E-state index contributed by atoms with van der Waals surface area (Å²) in [6, 6.07) is 15.5. The van der Waals surface area contributed by atoms with Crippen molar-refractivity contribution in [3.05, 3.63) is 64.4 Å². The van der Waals surface area contributed by atoms with Crippen molar-refractivity contribution in [3.8, 4) is 0 Å². The molecule has 1 amide bonds. The standard InChI is InChI=1S/C23H26N4O2S/c1-25(2)13-7-14-27-22(29)18-9-4-5-10-19(18)24-23(27)30-16-21(28)26-15-12-17-8-3-6-11-20(17)26/h3-6,8-11H,7,12-16H2,1-2H3/p+1. The number of hydrogen-bond donors (Lipinski definition) is 1. The van der Waals surface area contributed by atoms with Gasteiger partial charge in [0.1, 0.15) is 0 Å². The van der Waals surface area contributed by atoms with Crippen LogP contribution in [0.1, 0.15) is 12.0 Å². The Balaban J connectivity index is 1.56. The molecular formula is C23H27N4O2S+. The molecule has 0 saturated carbocycles. The molecule has 1 aliphatic heterocycles. The molecule has 0 radical (unpaired) electrons. The molecule has 1 aliphatic rings. The topological polar surface area (TPSA) is 59.6 Å². The van der Waals surface area contributed by atoms with E-state index in [-0.39, 0.29) is 17.2 Å². The third-order valence-electron chi connectivity index (χ3n) is 5.40. The minimum Gasteiger partial charge on any atom is -0.340 e. The second-order valence-corrected chi connectivity index (χ2v) is 8.83. The van der Waals surface area contributed by atoms with Crippen LogP contribution in [-0.2, 0) is 17.8 Å². The fourth-order valence-electron chi connectivity index (χ4n) is 3.85. The third kappa shape index (κ3) is 4.27. The maximum Gasteiger partial charge on any atom is 0.262 e. The lowest BCUT2D eigenvalue weighted by molar-refractivity contribution is -0.858. The van der Waals surface area contributed by atoms with E-state index >= 15 is 0 Å². The van der Waals surface area contributed by atoms with Crippen molar-refractivity contribution in [1.29, 1.82) is 0 Å². The first kappa shape index (κ1) is 20.6. The Kier molecular flexibility index (Phi) is 6.20. The van der Waals surface area contributed by atoms with Crippen LogP contribution in [-0.4, -0.2) is 48.4 Å². The van der Waals surface area contributed by atoms with Crippen molar-refractivity contribution in [2.75, 3.05) is 37.8 Å². The van der Waals surface area contributed by atoms with E-state index in [1.165, 1.54) is 22.2 Å². The number of para-hydroxylation sites is 2. The SMILES string of the molecule is C[NH+](C)CCCn1c(SCC(=O)N2CCc3ccccc32)nc2ccccc2c1=O. The lowest BCUT2D eigenvalue weighted by Crippen LogP contribution is -3.05. The molecule has 1 N–H and O–H groups in total. The average Bonchev–Trinajstić information content (AvgIpc) is 3.18. The Bertz CT molecular complexity index is 1130. The number of benzene rings is 2. The minimum absolute atomic E-state index is 0.0316. The van der Waals surface area contributed by atoms with Gasteiger partial charge in [-0.3, -0.25) is 14.2 Å². The predicted molar refractivity (Wildman–Crippen MR) is 122 cm³/mol. The number of amides is 1. The molecule has 0 saturated heterocycles. The maximum absolute atomic E-state index is 13.1. The number of nitrogens with zero attached hydrogens (tertiary/aromatic N) is 3. The molecule has 0 aliphatic carbocycles. The molecule has 0 unspecified atom stereocenters. The summed E-state index contributed by atoms with van der Waals surface area (Å²) in [7, 11) is 4.20. The van der Waals surface area contributed by atoms with Crippen LogP contribution < -0.4 is 15.4 Å². The van der Waals surface area contributed by atoms with Gasteiger partial charge in [0.15, 0.2) is 5.16 Å². The van der Waals surface area contributed by atoms with Crippen molar-refractivity contribution in [3.63, 3.8) is 0 Å². The van der Waals surface area contributed by atoms with Crippen LogP contribution in [0.5, 0.6) is 0 Å². The summed E-state index contributed by atoms with van der Waals surface area (Å²) in [5, 5.41) is 1.24. The Hall–Kier alpha value is -2.64. The van der Waals surface area contributed by atoms with Gasteiger partial charge < -0.3 is 9.80 Å². The van der Waals surface area contributed by atoms with Crippen molar-refractivity contribution in [2.45, 2.75) is 24.5 Å². The van der Waals surface area contributed by atoms with E-state index < -0.39 is 0 Å². The zero-order valence-corrected chi connectivity index (χ0v) is 18.2. The van der Waals surface area contributed by atoms with Crippen LogP contribution in [0.2, 0.25) is 0 Å². The van der Waals surface area contributed by atoms with Crippen LogP contribution in [0, 0.1) is 0 Å². The van der Waals surface area contributed by atoms with Crippen molar-refractivity contribution < 1.29 is 9.69 Å². The number of anilines is 1. The quantitative estimate of drug-likeness (QED) is 0.463. The molecule has 0 fully saturated rings. The molecule has 4 rings (SSSR count). The summed E-state index contributed by atoms with van der Waals surface area (Å²) in [4.78, 5) is 33.9. The lowest BCUT2D eigenvalue weighted by atomic mass is 10.2. The second kappa shape index (κ2) is 9.02. The first-order valence-corrected chi connectivity index (χ1v) is 11.3. The van der Waals surface area contributed by atoms with E-state index in [0.29, 0.717) is 29.1 Å². The van der Waals surface area contributed by atoms with Gasteiger partial charge in [-0.25, -0.2) is 4.98 Å². The van der Waals surface area contributed by atoms with Gasteiger partial charge in [0.25, 0.3) is 5.56 Å². The zero-order chi connectivity index (χ0) is 21.1. The second-order valence-electron chi connectivity index (χ2n) is 7.89. The van der Waals surface area contributed by atoms with E-state index in [9.17, 15) is 9.59 Å². The Morgan fingerprint density at radius 1 is 1.13 bits per heavy atom. The third-order valence-corrected chi connectivity index (χ3v) is 6.36. The van der Waals surface area contributed by atoms with Gasteiger partial charge >= 0.3 is 0 Å². The summed E-state index contributed by atoms with van der Waals surface area (Å²) in [5.74, 6) is 0.314.